The summed E-state index contributed by atoms with van der Waals surface area (Å²) in [5.41, 5.74) is -0.0720. The van der Waals surface area contributed by atoms with Crippen LogP contribution in [0.5, 0.6) is 0 Å². The fourth-order valence-corrected chi connectivity index (χ4v) is 2.76. The number of hydrogen-bond acceptors (Lipinski definition) is 2. The molecule has 1 heterocycles. The van der Waals surface area contributed by atoms with Gasteiger partial charge in [0.2, 0.25) is 0 Å². The molecule has 0 bridgehead atoms. The first-order chi connectivity index (χ1) is 11.4. The van der Waals surface area contributed by atoms with Crippen molar-refractivity contribution >= 4 is 23.2 Å². The molecule has 3 rings (SSSR count). The van der Waals surface area contributed by atoms with Crippen molar-refractivity contribution in [2.24, 2.45) is 0 Å². The Balaban J connectivity index is 2.03. The van der Waals surface area contributed by atoms with Crippen LogP contribution in [0.3, 0.4) is 0 Å². The molecule has 0 aliphatic heterocycles. The molecule has 0 amide bonds. The zero-order chi connectivity index (χ0) is 17.3. The lowest BCUT2D eigenvalue weighted by Crippen LogP contribution is -2.12. The van der Waals surface area contributed by atoms with E-state index in [4.69, 9.17) is 23.2 Å². The maximum Gasteiger partial charge on any atom is 0.416 e. The highest BCUT2D eigenvalue weighted by Crippen LogP contribution is 2.34. The normalized spacial score (nSPS) is 11.7. The van der Waals surface area contributed by atoms with E-state index in [1.54, 1.807) is 24.3 Å². The van der Waals surface area contributed by atoms with Crippen molar-refractivity contribution < 1.29 is 13.2 Å². The number of benzene rings is 2. The van der Waals surface area contributed by atoms with Gasteiger partial charge in [0.05, 0.1) is 22.2 Å². The third-order valence-electron chi connectivity index (χ3n) is 3.47. The quantitative estimate of drug-likeness (QED) is 0.623. The number of hydrogen-bond donors (Lipinski definition) is 0. The molecule has 0 fully saturated rings. The third-order valence-corrected chi connectivity index (χ3v) is 4.29. The molecule has 3 nitrogen and oxygen atoms in total. The van der Waals surface area contributed by atoms with Gasteiger partial charge in [0, 0.05) is 5.56 Å². The Morgan fingerprint density at radius 3 is 2.50 bits per heavy atom. The van der Waals surface area contributed by atoms with Crippen molar-refractivity contribution in [3.63, 3.8) is 0 Å². The van der Waals surface area contributed by atoms with Gasteiger partial charge in [-0.05, 0) is 23.8 Å². The van der Waals surface area contributed by atoms with E-state index >= 15 is 0 Å². The van der Waals surface area contributed by atoms with Gasteiger partial charge in [-0.25, -0.2) is 0 Å². The maximum absolute atomic E-state index is 13.1. The van der Waals surface area contributed by atoms with E-state index in [2.05, 4.69) is 10.2 Å². The molecule has 0 radical (unpaired) electrons. The molecular formula is C16H10Cl2F3N3. The van der Waals surface area contributed by atoms with Gasteiger partial charge in [-0.3, -0.25) is 0 Å². The number of rotatable bonds is 3. The first-order valence-corrected chi connectivity index (χ1v) is 7.61. The van der Waals surface area contributed by atoms with Crippen LogP contribution in [0.2, 0.25) is 10.0 Å². The summed E-state index contributed by atoms with van der Waals surface area (Å²) >= 11 is 12.2. The maximum atomic E-state index is 13.1. The first-order valence-electron chi connectivity index (χ1n) is 6.85. The Kier molecular flexibility index (Phi) is 4.51. The Labute approximate surface area is 145 Å². The lowest BCUT2D eigenvalue weighted by molar-refractivity contribution is -0.138. The molecule has 0 aliphatic rings. The molecule has 0 N–H and O–H groups in total. The van der Waals surface area contributed by atoms with Crippen LogP contribution in [0.4, 0.5) is 13.2 Å². The molecule has 0 spiro atoms. The van der Waals surface area contributed by atoms with Gasteiger partial charge in [0.1, 0.15) is 6.33 Å². The predicted molar refractivity (Wildman–Crippen MR) is 86.0 cm³/mol. The van der Waals surface area contributed by atoms with Gasteiger partial charge >= 0.3 is 6.18 Å². The summed E-state index contributed by atoms with van der Waals surface area (Å²) in [6.45, 7) is -0.0408. The highest BCUT2D eigenvalue weighted by molar-refractivity contribution is 6.43. The van der Waals surface area contributed by atoms with E-state index in [-0.39, 0.29) is 17.1 Å². The van der Waals surface area contributed by atoms with Gasteiger partial charge in [0.15, 0.2) is 5.82 Å². The lowest BCUT2D eigenvalue weighted by Gasteiger charge is -2.14. The van der Waals surface area contributed by atoms with E-state index in [0.29, 0.717) is 16.4 Å². The Bertz CT molecular complexity index is 875. The average Bonchev–Trinajstić information content (AvgIpc) is 2.97. The summed E-state index contributed by atoms with van der Waals surface area (Å²) in [4.78, 5) is 0. The highest BCUT2D eigenvalue weighted by atomic mass is 35.5. The molecule has 0 atom stereocenters. The van der Waals surface area contributed by atoms with Crippen LogP contribution in [0.1, 0.15) is 11.1 Å². The molecule has 0 saturated heterocycles. The number of aromatic nitrogens is 3. The largest absolute Gasteiger partial charge is 0.416 e. The number of halogens is 5. The molecule has 24 heavy (non-hydrogen) atoms. The van der Waals surface area contributed by atoms with E-state index in [0.717, 1.165) is 6.07 Å². The molecule has 8 heteroatoms. The van der Waals surface area contributed by atoms with Crippen LogP contribution in [-0.2, 0) is 12.7 Å². The summed E-state index contributed by atoms with van der Waals surface area (Å²) in [7, 11) is 0. The van der Waals surface area contributed by atoms with Crippen LogP contribution >= 0.6 is 23.2 Å². The van der Waals surface area contributed by atoms with Crippen molar-refractivity contribution in [3.8, 4) is 11.4 Å². The lowest BCUT2D eigenvalue weighted by atomic mass is 10.1. The van der Waals surface area contributed by atoms with Crippen LogP contribution in [0.25, 0.3) is 11.4 Å². The van der Waals surface area contributed by atoms with E-state index in [1.807, 2.05) is 0 Å². The first kappa shape index (κ1) is 16.8. The number of alkyl halides is 3. The van der Waals surface area contributed by atoms with Crippen molar-refractivity contribution in [2.45, 2.75) is 12.7 Å². The smallest absolute Gasteiger partial charge is 0.309 e. The molecule has 2 aromatic carbocycles. The fraction of sp³-hybridized carbons (Fsp3) is 0.125. The highest BCUT2D eigenvalue weighted by Gasteiger charge is 2.33. The zero-order valence-corrected chi connectivity index (χ0v) is 13.6. The Morgan fingerprint density at radius 2 is 1.75 bits per heavy atom. The van der Waals surface area contributed by atoms with Crippen LogP contribution in [0, 0.1) is 0 Å². The summed E-state index contributed by atoms with van der Waals surface area (Å²) in [6, 6.07) is 10.4. The second kappa shape index (κ2) is 6.45. The SMILES string of the molecule is FC(F)(F)c1ccccc1Cn1cnnc1-c1cccc(Cl)c1Cl. The molecule has 0 saturated carbocycles. The second-order valence-electron chi connectivity index (χ2n) is 5.04. The topological polar surface area (TPSA) is 30.7 Å². The fourth-order valence-electron chi connectivity index (χ4n) is 2.37. The predicted octanol–water partition coefficient (Wildman–Crippen LogP) is 5.32. The zero-order valence-electron chi connectivity index (χ0n) is 12.1. The van der Waals surface area contributed by atoms with Crippen molar-refractivity contribution in [3.05, 3.63) is 70.0 Å². The molecule has 0 aliphatic carbocycles. The summed E-state index contributed by atoms with van der Waals surface area (Å²) in [5.74, 6) is 0.347. The third kappa shape index (κ3) is 3.25. The van der Waals surface area contributed by atoms with E-state index < -0.39 is 11.7 Å². The second-order valence-corrected chi connectivity index (χ2v) is 5.82. The van der Waals surface area contributed by atoms with E-state index in [9.17, 15) is 13.2 Å². The van der Waals surface area contributed by atoms with Gasteiger partial charge in [-0.1, -0.05) is 47.5 Å². The van der Waals surface area contributed by atoms with Crippen molar-refractivity contribution in [2.75, 3.05) is 0 Å². The summed E-state index contributed by atoms with van der Waals surface area (Å²) in [6.07, 6.45) is -3.07. The Hall–Kier alpha value is -2.05. The van der Waals surface area contributed by atoms with Gasteiger partial charge in [0.25, 0.3) is 0 Å². The van der Waals surface area contributed by atoms with Crippen LogP contribution in [-0.4, -0.2) is 14.8 Å². The van der Waals surface area contributed by atoms with Crippen molar-refractivity contribution in [1.82, 2.24) is 14.8 Å². The average molecular weight is 372 g/mol. The van der Waals surface area contributed by atoms with Crippen LogP contribution in [0.15, 0.2) is 48.8 Å². The molecule has 124 valence electrons. The van der Waals surface area contributed by atoms with Gasteiger partial charge < -0.3 is 4.57 Å². The Morgan fingerprint density at radius 1 is 1.00 bits per heavy atom. The molecule has 0 unspecified atom stereocenters. The van der Waals surface area contributed by atoms with Crippen LogP contribution < -0.4 is 0 Å². The van der Waals surface area contributed by atoms with E-state index in [1.165, 1.54) is 23.0 Å². The van der Waals surface area contributed by atoms with Crippen molar-refractivity contribution in [1.29, 1.82) is 0 Å². The molecule has 3 aromatic rings. The standard InChI is InChI=1S/C16H10Cl2F3N3/c17-13-7-3-5-11(14(13)18)15-23-22-9-24(15)8-10-4-1-2-6-12(10)16(19,20)21/h1-7,9H,8H2. The number of nitrogens with zero attached hydrogens (tertiary/aromatic N) is 3. The summed E-state index contributed by atoms with van der Waals surface area (Å²) in [5, 5.41) is 8.36. The molecular weight excluding hydrogens is 362 g/mol. The van der Waals surface area contributed by atoms with Gasteiger partial charge in [-0.15, -0.1) is 10.2 Å². The minimum Gasteiger partial charge on any atom is -0.309 e. The monoisotopic (exact) mass is 371 g/mol. The summed E-state index contributed by atoms with van der Waals surface area (Å²) < 4.78 is 40.9. The van der Waals surface area contributed by atoms with Gasteiger partial charge in [-0.2, -0.15) is 13.2 Å². The minimum absolute atomic E-state index is 0.0408. The molecule has 1 aromatic heterocycles. The minimum atomic E-state index is -4.43.